The molecular weight excluding hydrogens is 252 g/mol. The lowest BCUT2D eigenvalue weighted by Gasteiger charge is -2.26. The maximum absolute atomic E-state index is 13.7. The summed E-state index contributed by atoms with van der Waals surface area (Å²) in [6, 6.07) is 2.48. The Labute approximate surface area is 110 Å². The third-order valence-corrected chi connectivity index (χ3v) is 3.55. The van der Waals surface area contributed by atoms with Crippen LogP contribution in [0.1, 0.15) is 43.7 Å². The summed E-state index contributed by atoms with van der Waals surface area (Å²) < 4.78 is 26.9. The third kappa shape index (κ3) is 3.29. The van der Waals surface area contributed by atoms with Crippen molar-refractivity contribution in [3.63, 3.8) is 0 Å². The van der Waals surface area contributed by atoms with Crippen LogP contribution < -0.4 is 5.32 Å². The molecule has 1 unspecified atom stereocenters. The van der Waals surface area contributed by atoms with E-state index in [9.17, 15) is 18.7 Å². The van der Waals surface area contributed by atoms with Crippen molar-refractivity contribution < 1.29 is 18.7 Å². The van der Waals surface area contributed by atoms with Crippen molar-refractivity contribution >= 4 is 5.97 Å². The van der Waals surface area contributed by atoms with E-state index >= 15 is 0 Å². The summed E-state index contributed by atoms with van der Waals surface area (Å²) >= 11 is 0. The van der Waals surface area contributed by atoms with Crippen LogP contribution in [-0.4, -0.2) is 17.1 Å². The van der Waals surface area contributed by atoms with E-state index in [0.29, 0.717) is 0 Å². The van der Waals surface area contributed by atoms with Crippen LogP contribution in [0, 0.1) is 11.6 Å². The molecule has 0 saturated heterocycles. The summed E-state index contributed by atoms with van der Waals surface area (Å²) in [5, 5.41) is 12.2. The first-order chi connectivity index (χ1) is 9.09. The Hall–Kier alpha value is -1.49. The van der Waals surface area contributed by atoms with Gasteiger partial charge in [-0.2, -0.15) is 0 Å². The van der Waals surface area contributed by atoms with E-state index < -0.39 is 23.6 Å². The highest BCUT2D eigenvalue weighted by atomic mass is 19.2. The average molecular weight is 269 g/mol. The van der Waals surface area contributed by atoms with E-state index in [1.54, 1.807) is 0 Å². The van der Waals surface area contributed by atoms with Crippen molar-refractivity contribution in [1.29, 1.82) is 0 Å². The van der Waals surface area contributed by atoms with Gasteiger partial charge < -0.3 is 5.11 Å². The molecule has 1 aliphatic rings. The Morgan fingerprint density at radius 1 is 1.26 bits per heavy atom. The molecule has 0 heterocycles. The Kier molecular flexibility index (Phi) is 4.47. The summed E-state index contributed by atoms with van der Waals surface area (Å²) in [6.45, 7) is 0. The second-order valence-electron chi connectivity index (χ2n) is 4.92. The van der Waals surface area contributed by atoms with E-state index in [-0.39, 0.29) is 11.6 Å². The molecule has 2 N–H and O–H groups in total. The minimum absolute atomic E-state index is 0.0533. The molecule has 1 aliphatic carbocycles. The van der Waals surface area contributed by atoms with Gasteiger partial charge in [-0.3, -0.25) is 10.1 Å². The number of carbonyl (C=O) groups is 1. The molecule has 0 bridgehead atoms. The van der Waals surface area contributed by atoms with Gasteiger partial charge in [-0.15, -0.1) is 0 Å². The Balaban J connectivity index is 2.19. The molecule has 3 nitrogen and oxygen atoms in total. The topological polar surface area (TPSA) is 49.3 Å². The fourth-order valence-corrected chi connectivity index (χ4v) is 2.54. The molecule has 5 heteroatoms. The minimum Gasteiger partial charge on any atom is -0.480 e. The number of hydrogen-bond acceptors (Lipinski definition) is 2. The Bertz CT molecular complexity index is 459. The number of aliphatic carboxylic acids is 1. The summed E-state index contributed by atoms with van der Waals surface area (Å²) in [5.41, 5.74) is -0.141. The fourth-order valence-electron chi connectivity index (χ4n) is 2.54. The monoisotopic (exact) mass is 269 g/mol. The van der Waals surface area contributed by atoms with Crippen LogP contribution >= 0.6 is 0 Å². The predicted molar refractivity (Wildman–Crippen MR) is 66.7 cm³/mol. The van der Waals surface area contributed by atoms with Crippen LogP contribution in [-0.2, 0) is 4.79 Å². The van der Waals surface area contributed by atoms with Crippen molar-refractivity contribution in [1.82, 2.24) is 5.32 Å². The number of carboxylic acids is 1. The van der Waals surface area contributed by atoms with Gasteiger partial charge in [0, 0.05) is 11.6 Å². The number of rotatable bonds is 4. The molecule has 19 heavy (non-hydrogen) atoms. The van der Waals surface area contributed by atoms with Crippen molar-refractivity contribution in [2.45, 2.75) is 44.2 Å². The van der Waals surface area contributed by atoms with Crippen molar-refractivity contribution in [3.05, 3.63) is 35.4 Å². The van der Waals surface area contributed by atoms with Gasteiger partial charge in [0.1, 0.15) is 6.04 Å². The molecule has 2 rings (SSSR count). The van der Waals surface area contributed by atoms with E-state index in [1.165, 1.54) is 12.1 Å². The minimum atomic E-state index is -1.20. The number of carboxylic acid groups (broad SMARTS) is 1. The second-order valence-corrected chi connectivity index (χ2v) is 4.92. The number of nitrogens with one attached hydrogen (secondary N) is 1. The molecule has 0 amide bonds. The summed E-state index contributed by atoms with van der Waals surface area (Å²) in [7, 11) is 0. The quantitative estimate of drug-likeness (QED) is 0.883. The largest absolute Gasteiger partial charge is 0.480 e. The number of halogens is 2. The third-order valence-electron chi connectivity index (χ3n) is 3.55. The molecule has 1 aromatic rings. The van der Waals surface area contributed by atoms with Crippen LogP contribution in [0.5, 0.6) is 0 Å². The number of hydrogen-bond donors (Lipinski definition) is 2. The highest BCUT2D eigenvalue weighted by molar-refractivity contribution is 5.75. The van der Waals surface area contributed by atoms with Crippen molar-refractivity contribution in [3.8, 4) is 0 Å². The van der Waals surface area contributed by atoms with E-state index in [2.05, 4.69) is 5.32 Å². The van der Waals surface area contributed by atoms with Gasteiger partial charge in [-0.05, 0) is 18.9 Å². The summed E-state index contributed by atoms with van der Waals surface area (Å²) in [5.74, 6) is -3.29. The maximum atomic E-state index is 13.7. The Morgan fingerprint density at radius 3 is 2.58 bits per heavy atom. The first-order valence-corrected chi connectivity index (χ1v) is 6.52. The van der Waals surface area contributed by atoms with E-state index in [0.717, 1.165) is 38.2 Å². The smallest absolute Gasteiger partial charge is 0.325 e. The predicted octanol–water partition coefficient (Wildman–Crippen LogP) is 3.01. The van der Waals surface area contributed by atoms with Crippen LogP contribution in [0.4, 0.5) is 8.78 Å². The molecule has 1 saturated carbocycles. The maximum Gasteiger partial charge on any atom is 0.325 e. The second kappa shape index (κ2) is 6.10. The lowest BCUT2D eigenvalue weighted by Crippen LogP contribution is -2.38. The molecule has 1 atom stereocenters. The Morgan fingerprint density at radius 2 is 1.95 bits per heavy atom. The highest BCUT2D eigenvalue weighted by Crippen LogP contribution is 2.24. The molecule has 0 aliphatic heterocycles. The van der Waals surface area contributed by atoms with Crippen LogP contribution in [0.2, 0.25) is 0 Å². The first-order valence-electron chi connectivity index (χ1n) is 6.52. The normalized spacial score (nSPS) is 18.2. The van der Waals surface area contributed by atoms with Gasteiger partial charge in [-0.1, -0.05) is 31.4 Å². The molecule has 1 aromatic carbocycles. The van der Waals surface area contributed by atoms with Crippen LogP contribution in [0.25, 0.3) is 0 Å². The van der Waals surface area contributed by atoms with Gasteiger partial charge >= 0.3 is 5.97 Å². The molecule has 104 valence electrons. The zero-order chi connectivity index (χ0) is 13.8. The van der Waals surface area contributed by atoms with Gasteiger partial charge in [0.15, 0.2) is 11.6 Å². The van der Waals surface area contributed by atoms with E-state index in [1.807, 2.05) is 0 Å². The molecule has 0 radical (unpaired) electrons. The molecule has 1 fully saturated rings. The standard InChI is InChI=1S/C14H17F2NO2/c15-11-8-4-7-10(12(11)16)13(14(18)19)17-9-5-2-1-3-6-9/h4,7-9,13,17H,1-3,5-6H2,(H,18,19). The van der Waals surface area contributed by atoms with Crippen LogP contribution in [0.3, 0.4) is 0 Å². The van der Waals surface area contributed by atoms with Crippen molar-refractivity contribution in [2.75, 3.05) is 0 Å². The number of benzene rings is 1. The van der Waals surface area contributed by atoms with Gasteiger partial charge in [0.05, 0.1) is 0 Å². The van der Waals surface area contributed by atoms with Gasteiger partial charge in [0.25, 0.3) is 0 Å². The molecule has 0 spiro atoms. The fraction of sp³-hybridized carbons (Fsp3) is 0.500. The highest BCUT2D eigenvalue weighted by Gasteiger charge is 2.27. The molecule has 0 aromatic heterocycles. The first kappa shape index (κ1) is 13.9. The van der Waals surface area contributed by atoms with Gasteiger partial charge in [-0.25, -0.2) is 8.78 Å². The summed E-state index contributed by atoms with van der Waals surface area (Å²) in [4.78, 5) is 11.3. The zero-order valence-corrected chi connectivity index (χ0v) is 10.5. The van der Waals surface area contributed by atoms with Gasteiger partial charge in [0.2, 0.25) is 0 Å². The van der Waals surface area contributed by atoms with Crippen LogP contribution in [0.15, 0.2) is 18.2 Å². The van der Waals surface area contributed by atoms with Crippen molar-refractivity contribution in [2.24, 2.45) is 0 Å². The van der Waals surface area contributed by atoms with E-state index in [4.69, 9.17) is 0 Å². The lowest BCUT2D eigenvalue weighted by molar-refractivity contribution is -0.140. The molecular formula is C14H17F2NO2. The SMILES string of the molecule is O=C(O)C(NC1CCCCC1)c1cccc(F)c1F. The average Bonchev–Trinajstić information content (AvgIpc) is 2.40. The lowest BCUT2D eigenvalue weighted by atomic mass is 9.94. The summed E-state index contributed by atoms with van der Waals surface area (Å²) in [6.07, 6.45) is 4.97. The zero-order valence-electron chi connectivity index (χ0n) is 10.5.